The number of benzene rings is 1. The minimum Gasteiger partial charge on any atom is -0.379 e. The van der Waals surface area contributed by atoms with E-state index >= 15 is 0 Å². The Morgan fingerprint density at radius 3 is 2.46 bits per heavy atom. The molecule has 2 rings (SSSR count). The summed E-state index contributed by atoms with van der Waals surface area (Å²) in [5.74, 6) is 0.693. The quantitative estimate of drug-likeness (QED) is 0.664. The average molecular weight is 383 g/mol. The SMILES string of the molecule is CC(C)CCCNC(=O)CCc1ccc(S(=O)(=O)N2CCOCC2)cc1. The molecule has 1 fully saturated rings. The van der Waals surface area contributed by atoms with Crippen molar-refractivity contribution in [2.45, 2.75) is 44.4 Å². The Hall–Kier alpha value is -1.44. The summed E-state index contributed by atoms with van der Waals surface area (Å²) in [4.78, 5) is 12.2. The molecule has 1 amide bonds. The largest absolute Gasteiger partial charge is 0.379 e. The van der Waals surface area contributed by atoms with Crippen LogP contribution in [0.15, 0.2) is 29.2 Å². The van der Waals surface area contributed by atoms with Crippen LogP contribution in [-0.4, -0.2) is 51.5 Å². The highest BCUT2D eigenvalue weighted by molar-refractivity contribution is 7.89. The number of nitrogens with one attached hydrogen (secondary N) is 1. The van der Waals surface area contributed by atoms with E-state index in [0.29, 0.717) is 56.5 Å². The molecule has 6 nitrogen and oxygen atoms in total. The Kier molecular flexibility index (Phi) is 8.06. The third-order valence-electron chi connectivity index (χ3n) is 4.45. The lowest BCUT2D eigenvalue weighted by Gasteiger charge is -2.26. The highest BCUT2D eigenvalue weighted by Gasteiger charge is 2.26. The molecule has 0 saturated carbocycles. The standard InChI is InChI=1S/C19H30N2O4S/c1-16(2)4-3-11-20-19(22)10-7-17-5-8-18(9-6-17)26(23,24)21-12-14-25-15-13-21/h5-6,8-9,16H,3-4,7,10-15H2,1-2H3,(H,20,22). The molecule has 1 aliphatic heterocycles. The number of carbonyl (C=O) groups is 1. The molecule has 1 heterocycles. The third kappa shape index (κ3) is 6.37. The minimum atomic E-state index is -3.46. The first-order chi connectivity index (χ1) is 12.4. The maximum atomic E-state index is 12.6. The van der Waals surface area contributed by atoms with Gasteiger partial charge in [-0.2, -0.15) is 4.31 Å². The summed E-state index contributed by atoms with van der Waals surface area (Å²) in [6.45, 7) is 6.71. The number of hydrogen-bond acceptors (Lipinski definition) is 4. The Morgan fingerprint density at radius 2 is 1.85 bits per heavy atom. The molecule has 0 spiro atoms. The molecular formula is C19H30N2O4S. The highest BCUT2D eigenvalue weighted by Crippen LogP contribution is 2.18. The maximum absolute atomic E-state index is 12.6. The summed E-state index contributed by atoms with van der Waals surface area (Å²) in [6.07, 6.45) is 3.13. The van der Waals surface area contributed by atoms with E-state index < -0.39 is 10.0 Å². The zero-order valence-electron chi connectivity index (χ0n) is 15.7. The molecule has 1 aromatic rings. The molecule has 26 heavy (non-hydrogen) atoms. The van der Waals surface area contributed by atoms with Gasteiger partial charge in [0.15, 0.2) is 0 Å². The van der Waals surface area contributed by atoms with Crippen molar-refractivity contribution in [2.75, 3.05) is 32.8 Å². The first kappa shape index (κ1) is 20.9. The number of hydrogen-bond donors (Lipinski definition) is 1. The van der Waals surface area contributed by atoms with Crippen molar-refractivity contribution in [1.29, 1.82) is 0 Å². The van der Waals surface area contributed by atoms with E-state index in [9.17, 15) is 13.2 Å². The minimum absolute atomic E-state index is 0.0405. The van der Waals surface area contributed by atoms with Gasteiger partial charge in [-0.15, -0.1) is 0 Å². The van der Waals surface area contributed by atoms with E-state index in [4.69, 9.17) is 4.74 Å². The molecule has 1 aliphatic rings. The van der Waals surface area contributed by atoms with Gasteiger partial charge in [-0.3, -0.25) is 4.79 Å². The van der Waals surface area contributed by atoms with E-state index in [0.717, 1.165) is 18.4 Å². The van der Waals surface area contributed by atoms with Gasteiger partial charge in [0.2, 0.25) is 15.9 Å². The molecule has 0 bridgehead atoms. The molecule has 0 atom stereocenters. The summed E-state index contributed by atoms with van der Waals surface area (Å²) in [5, 5.41) is 2.93. The van der Waals surface area contributed by atoms with Crippen LogP contribution in [0.2, 0.25) is 0 Å². The van der Waals surface area contributed by atoms with E-state index in [1.54, 1.807) is 24.3 Å². The zero-order chi connectivity index (χ0) is 19.0. The normalized spacial score (nSPS) is 16.0. The number of sulfonamides is 1. The number of morpholine rings is 1. The van der Waals surface area contributed by atoms with Crippen LogP contribution in [0.3, 0.4) is 0 Å². The first-order valence-corrected chi connectivity index (χ1v) is 10.8. The molecule has 1 aromatic carbocycles. The number of rotatable bonds is 9. The van der Waals surface area contributed by atoms with Gasteiger partial charge >= 0.3 is 0 Å². The predicted molar refractivity (Wildman–Crippen MR) is 101 cm³/mol. The van der Waals surface area contributed by atoms with Crippen molar-refractivity contribution in [2.24, 2.45) is 5.92 Å². The third-order valence-corrected chi connectivity index (χ3v) is 6.37. The fraction of sp³-hybridized carbons (Fsp3) is 0.632. The molecule has 7 heteroatoms. The molecule has 0 unspecified atom stereocenters. The number of aryl methyl sites for hydroxylation is 1. The molecule has 0 aromatic heterocycles. The Bertz CT molecular complexity index is 665. The van der Waals surface area contributed by atoms with Gasteiger partial charge in [0.25, 0.3) is 0 Å². The van der Waals surface area contributed by atoms with E-state index in [1.807, 2.05) is 0 Å². The Balaban J connectivity index is 1.81. The van der Waals surface area contributed by atoms with Crippen LogP contribution in [0.1, 0.15) is 38.7 Å². The van der Waals surface area contributed by atoms with Crippen LogP contribution in [0.5, 0.6) is 0 Å². The number of amides is 1. The molecule has 1 saturated heterocycles. The van der Waals surface area contributed by atoms with Gasteiger partial charge in [0.05, 0.1) is 18.1 Å². The molecule has 146 valence electrons. The fourth-order valence-corrected chi connectivity index (χ4v) is 4.26. The van der Waals surface area contributed by atoms with E-state index in [1.165, 1.54) is 4.31 Å². The van der Waals surface area contributed by atoms with Crippen molar-refractivity contribution in [3.8, 4) is 0 Å². The van der Waals surface area contributed by atoms with Crippen LogP contribution >= 0.6 is 0 Å². The van der Waals surface area contributed by atoms with Crippen LogP contribution < -0.4 is 5.32 Å². The van der Waals surface area contributed by atoms with Crippen LogP contribution in [0.25, 0.3) is 0 Å². The van der Waals surface area contributed by atoms with Gasteiger partial charge in [-0.05, 0) is 42.9 Å². The first-order valence-electron chi connectivity index (χ1n) is 9.33. The van der Waals surface area contributed by atoms with Gasteiger partial charge in [0.1, 0.15) is 0 Å². The summed E-state index contributed by atoms with van der Waals surface area (Å²) in [5.41, 5.74) is 0.961. The smallest absolute Gasteiger partial charge is 0.243 e. The van der Waals surface area contributed by atoms with Gasteiger partial charge in [-0.25, -0.2) is 8.42 Å². The summed E-state index contributed by atoms with van der Waals surface area (Å²) >= 11 is 0. The molecule has 0 radical (unpaired) electrons. The van der Waals surface area contributed by atoms with Crippen LogP contribution in [0, 0.1) is 5.92 Å². The van der Waals surface area contributed by atoms with Crippen molar-refractivity contribution in [3.05, 3.63) is 29.8 Å². The second-order valence-electron chi connectivity index (χ2n) is 7.05. The monoisotopic (exact) mass is 382 g/mol. The van der Waals surface area contributed by atoms with E-state index in [2.05, 4.69) is 19.2 Å². The Labute approximate surface area is 157 Å². The van der Waals surface area contributed by atoms with Crippen LogP contribution in [-0.2, 0) is 26.0 Å². The average Bonchev–Trinajstić information content (AvgIpc) is 2.64. The summed E-state index contributed by atoms with van der Waals surface area (Å²) < 4.78 is 31.8. The summed E-state index contributed by atoms with van der Waals surface area (Å²) in [6, 6.07) is 6.83. The second kappa shape index (κ2) is 10.0. The highest BCUT2D eigenvalue weighted by atomic mass is 32.2. The van der Waals surface area contributed by atoms with Gasteiger partial charge < -0.3 is 10.1 Å². The molecule has 0 aliphatic carbocycles. The summed E-state index contributed by atoms with van der Waals surface area (Å²) in [7, 11) is -3.46. The number of nitrogens with zero attached hydrogens (tertiary/aromatic N) is 1. The number of ether oxygens (including phenoxy) is 1. The predicted octanol–water partition coefficient (Wildman–Crippen LogP) is 2.19. The van der Waals surface area contributed by atoms with Crippen molar-refractivity contribution < 1.29 is 17.9 Å². The molecule has 1 N–H and O–H groups in total. The lowest BCUT2D eigenvalue weighted by Crippen LogP contribution is -2.40. The Morgan fingerprint density at radius 1 is 1.19 bits per heavy atom. The van der Waals surface area contributed by atoms with Gasteiger partial charge in [0, 0.05) is 26.1 Å². The number of carbonyl (C=O) groups excluding carboxylic acids is 1. The van der Waals surface area contributed by atoms with Crippen LogP contribution in [0.4, 0.5) is 0 Å². The lowest BCUT2D eigenvalue weighted by molar-refractivity contribution is -0.121. The second-order valence-corrected chi connectivity index (χ2v) is 8.98. The van der Waals surface area contributed by atoms with E-state index in [-0.39, 0.29) is 5.91 Å². The van der Waals surface area contributed by atoms with Crippen molar-refractivity contribution in [3.63, 3.8) is 0 Å². The maximum Gasteiger partial charge on any atom is 0.243 e. The topological polar surface area (TPSA) is 75.7 Å². The van der Waals surface area contributed by atoms with Gasteiger partial charge in [-0.1, -0.05) is 26.0 Å². The fourth-order valence-electron chi connectivity index (χ4n) is 2.85. The van der Waals surface area contributed by atoms with Crippen molar-refractivity contribution >= 4 is 15.9 Å². The molecular weight excluding hydrogens is 352 g/mol. The lowest BCUT2D eigenvalue weighted by atomic mass is 10.1. The van der Waals surface area contributed by atoms with Crippen molar-refractivity contribution in [1.82, 2.24) is 9.62 Å². The zero-order valence-corrected chi connectivity index (χ0v) is 16.6.